The predicted octanol–water partition coefficient (Wildman–Crippen LogP) is 13.7. The molecule has 3 aromatic carbocycles. The fourth-order valence-corrected chi connectivity index (χ4v) is 23.3. The number of carbonyl (C=O) groups excluding carboxylic acids is 4. The molecule has 9 N–H and O–H groups in total. The van der Waals surface area contributed by atoms with Crippen molar-refractivity contribution in [3.63, 3.8) is 0 Å². The Labute approximate surface area is 767 Å². The smallest absolute Gasteiger partial charge is 0.490 e. The Balaban J connectivity index is 0.000000174. The zero-order valence-electron chi connectivity index (χ0n) is 75.6. The molecular weight excluding hydrogens is 1730 g/mol. The van der Waals surface area contributed by atoms with Crippen LogP contribution in [0.15, 0.2) is 41.4 Å². The summed E-state index contributed by atoms with van der Waals surface area (Å²) in [4.78, 5) is 76.8. The molecule has 6 heterocycles. The zero-order valence-corrected chi connectivity index (χ0v) is 78.6. The third-order valence-electron chi connectivity index (χ3n) is 29.8. The quantitative estimate of drug-likeness (QED) is 0.0247. The van der Waals surface area contributed by atoms with Crippen molar-refractivity contribution < 1.29 is 124 Å². The van der Waals surface area contributed by atoms with E-state index in [1.807, 2.05) is 46.8 Å². The van der Waals surface area contributed by atoms with E-state index in [0.717, 1.165) is 114 Å². The Bertz CT molecular complexity index is 4420. The van der Waals surface area contributed by atoms with Crippen LogP contribution in [0, 0.1) is 53.3 Å². The average molecular weight is 1870 g/mol. The molecule has 3 unspecified atom stereocenters. The number of aromatic hydroxyl groups is 1. The number of ether oxygens (including phenoxy) is 7. The number of hydrogen-bond donors (Lipinski definition) is 9. The number of carboxylic acids is 2. The normalized spacial score (nSPS) is 29.8. The summed E-state index contributed by atoms with van der Waals surface area (Å²) in [6, 6.07) is 12.2. The molecule has 35 heteroatoms. The molecule has 6 bridgehead atoms. The Kier molecular flexibility index (Phi) is 33.3. The molecule has 9 fully saturated rings. The minimum atomic E-state index is -5.08. The molecule has 718 valence electrons. The Morgan fingerprint density at radius 2 is 0.844 bits per heavy atom. The van der Waals surface area contributed by atoms with Gasteiger partial charge in [-0.15, -0.1) is 0 Å². The highest BCUT2D eigenvalue weighted by molar-refractivity contribution is 7.59. The van der Waals surface area contributed by atoms with Gasteiger partial charge in [0.15, 0.2) is 40.5 Å². The van der Waals surface area contributed by atoms with E-state index < -0.39 is 72.4 Å². The summed E-state index contributed by atoms with van der Waals surface area (Å²) in [5.41, 5.74) is 6.32. The van der Waals surface area contributed by atoms with Crippen LogP contribution in [0.1, 0.15) is 232 Å². The Hall–Kier alpha value is -6.50. The maximum atomic E-state index is 13.1. The van der Waals surface area contributed by atoms with Crippen LogP contribution in [-0.4, -0.2) is 236 Å². The second kappa shape index (κ2) is 41.1. The van der Waals surface area contributed by atoms with Crippen LogP contribution in [0.4, 0.5) is 35.9 Å². The van der Waals surface area contributed by atoms with Gasteiger partial charge < -0.3 is 79.5 Å². The molecule has 18 atom stereocenters. The zero-order chi connectivity index (χ0) is 90.7. The Morgan fingerprint density at radius 3 is 1.14 bits per heavy atom. The molecule has 0 aromatic heterocycles. The van der Waals surface area contributed by atoms with Crippen LogP contribution < -0.4 is 34.3 Å². The SMILES string of the molecule is CC(C)[C@@H](CO)NC(=O)Oc1ccc2c3c1O[C@H]1[C@@H](O)CCC4[C@@H](C2)N(CC2CCC2)CC[C@@]341.CC(C)[C@@H](COC(C)(C)C)NC(=O)Oc1ccc2c3c1O[C@H]1[C@@H](O)CCC4[C@@H](C2)N(CC2CCC2)CC[C@@]341.CC(C)[C@H](N=C=O)C(=O)OC(C)(C)C.O=C(O)C(F)(F)F.O=C(O)C(F)(F)F.Oc1ccc2c3c1O[C@H]1[C@@H](O)CCC4[C@@H](C2)N(CC2CCC2)CC[C@@]341.S.S.S. The van der Waals surface area contributed by atoms with Crippen molar-refractivity contribution in [1.82, 2.24) is 25.3 Å². The van der Waals surface area contributed by atoms with Gasteiger partial charge in [0.05, 0.1) is 49.2 Å². The van der Waals surface area contributed by atoms with Crippen LogP contribution in [0.3, 0.4) is 0 Å². The number of phenols is 1. The van der Waals surface area contributed by atoms with Crippen LogP contribution in [0.5, 0.6) is 34.5 Å². The number of halogens is 6. The topological polar surface area (TPSA) is 355 Å². The molecule has 0 radical (unpaired) electrons. The van der Waals surface area contributed by atoms with Gasteiger partial charge >= 0.3 is 42.4 Å². The van der Waals surface area contributed by atoms with Crippen LogP contribution in [0.2, 0.25) is 0 Å². The van der Waals surface area contributed by atoms with E-state index in [9.17, 15) is 71.1 Å². The van der Waals surface area contributed by atoms with Crippen LogP contribution in [0.25, 0.3) is 0 Å². The van der Waals surface area contributed by atoms with Crippen molar-refractivity contribution in [2.24, 2.45) is 58.3 Å². The second-order valence-electron chi connectivity index (χ2n) is 40.7. The van der Waals surface area contributed by atoms with E-state index in [0.29, 0.717) is 71.2 Å². The molecule has 3 aromatic rings. The number of aliphatic hydroxyl groups is 4. The highest BCUT2D eigenvalue weighted by Crippen LogP contribution is 2.68. The summed E-state index contributed by atoms with van der Waals surface area (Å²) in [5.74, 6) is 1.48. The molecule has 2 amide bonds. The largest absolute Gasteiger partial charge is 0.504 e. The second-order valence-corrected chi connectivity index (χ2v) is 40.7. The van der Waals surface area contributed by atoms with Gasteiger partial charge in [0.25, 0.3) is 0 Å². The van der Waals surface area contributed by atoms with Crippen LogP contribution in [-0.2, 0) is 64.2 Å². The number of carboxylic acid groups (broad SMARTS) is 2. The summed E-state index contributed by atoms with van der Waals surface area (Å²) in [6.07, 6.45) is 12.1. The number of piperidine rings is 3. The maximum Gasteiger partial charge on any atom is 0.490 e. The van der Waals surface area contributed by atoms with Gasteiger partial charge in [0.1, 0.15) is 23.9 Å². The van der Waals surface area contributed by atoms with E-state index >= 15 is 0 Å². The number of carbonyl (C=O) groups is 5. The van der Waals surface area contributed by atoms with Gasteiger partial charge in [-0.05, 0) is 265 Å². The summed E-state index contributed by atoms with van der Waals surface area (Å²) >= 11 is 0. The molecule has 3 spiro atoms. The number of alkyl halides is 6. The van der Waals surface area contributed by atoms with E-state index in [2.05, 4.69) is 62.4 Å². The lowest BCUT2D eigenvalue weighted by Crippen LogP contribution is -2.67. The molecule has 128 heavy (non-hydrogen) atoms. The highest BCUT2D eigenvalue weighted by atomic mass is 32.1. The number of nitrogens with one attached hydrogen (secondary N) is 2. The van der Waals surface area contributed by atoms with E-state index in [1.165, 1.54) is 117 Å². The number of rotatable bonds is 18. The average Bonchev–Trinajstić information content (AvgIpc) is 1.50. The molecule has 15 aliphatic rings. The van der Waals surface area contributed by atoms with Crippen molar-refractivity contribution in [2.75, 3.05) is 52.5 Å². The number of amides is 2. The number of nitrogens with zero attached hydrogens (tertiary/aromatic N) is 4. The predicted molar refractivity (Wildman–Crippen MR) is 478 cm³/mol. The van der Waals surface area contributed by atoms with Gasteiger partial charge in [-0.2, -0.15) is 71.8 Å². The minimum Gasteiger partial charge on any atom is -0.504 e. The molecule has 18 rings (SSSR count). The first-order chi connectivity index (χ1) is 58.8. The van der Waals surface area contributed by atoms with Crippen molar-refractivity contribution in [1.29, 1.82) is 0 Å². The number of phenolic OH excluding ortho intramolecular Hbond substituents is 1. The summed E-state index contributed by atoms with van der Waals surface area (Å²) in [7, 11) is 0. The fraction of sp³-hybridized carbons (Fsp3) is 0.742. The van der Waals surface area contributed by atoms with Crippen molar-refractivity contribution in [3.8, 4) is 34.5 Å². The number of hydrogen-bond acceptors (Lipinski definition) is 22. The number of benzene rings is 3. The van der Waals surface area contributed by atoms with Crippen LogP contribution >= 0.6 is 40.5 Å². The van der Waals surface area contributed by atoms with Crippen molar-refractivity contribution >= 4 is 76.7 Å². The maximum absolute atomic E-state index is 13.1. The number of isocyanates is 1. The monoisotopic (exact) mass is 1870 g/mol. The van der Waals surface area contributed by atoms with Gasteiger partial charge in [-0.25, -0.2) is 28.8 Å². The first-order valence-electron chi connectivity index (χ1n) is 45.4. The van der Waals surface area contributed by atoms with Gasteiger partial charge in [0, 0.05) is 70.7 Å². The fourth-order valence-electron chi connectivity index (χ4n) is 23.3. The number of likely N-dealkylation sites (tertiary alicyclic amines) is 3. The summed E-state index contributed by atoms with van der Waals surface area (Å²) in [6.45, 7) is 30.1. The molecule has 26 nitrogen and oxygen atoms in total. The minimum absolute atomic E-state index is 0. The van der Waals surface area contributed by atoms with E-state index in [-0.39, 0.29) is 123 Å². The molecule has 6 saturated carbocycles. The lowest BCUT2D eigenvalue weighted by molar-refractivity contribution is -0.193. The number of aliphatic imine (C=N–C) groups is 1. The first-order valence-corrected chi connectivity index (χ1v) is 45.4. The third-order valence-corrected chi connectivity index (χ3v) is 29.8. The molecular formula is C93H136F6N6O20S3. The summed E-state index contributed by atoms with van der Waals surface area (Å²) in [5, 5.41) is 72.9. The van der Waals surface area contributed by atoms with Gasteiger partial charge in [-0.3, -0.25) is 14.7 Å². The van der Waals surface area contributed by atoms with Crippen molar-refractivity contribution in [2.45, 2.75) is 331 Å². The number of aliphatic carboxylic acids is 2. The number of aliphatic hydroxyl groups excluding tert-OH is 4. The molecule has 3 saturated heterocycles. The first kappa shape index (κ1) is 104. The Morgan fingerprint density at radius 1 is 0.508 bits per heavy atom. The molecule has 6 aliphatic heterocycles. The van der Waals surface area contributed by atoms with E-state index in [1.54, 1.807) is 40.7 Å². The van der Waals surface area contributed by atoms with Gasteiger partial charge in [-0.1, -0.05) is 79.0 Å². The third kappa shape index (κ3) is 21.2. The number of esters is 1. The standard InChI is InChI=1S/C31H46N2O5.C27H38N2O5.C21H27NO3.C10H17NO3.2C2HF3O2.3H2S/c1-18(2)22(17-36-30(3,4)5)32-29(35)37-25-12-9-20-15-23-21-10-11-24(34)28-31(21,26(20)27(25)38-28)13-14-33(23)16-19-7-6-8-19;1-15(2)19(14-30)28-26(32)33-22-9-6-17-12-20-18-7-8-21(31)25-27(18,23(17)24(22)34-25)10-11-29(20)13-16-4-3-5-16;23-16-6-4-13-10-15-14-5-7-17(24)20-21(14,18(13)19(16)25-20)8-9-22(15)11-12-2-1-3-12;1-7(2)8(11-6-12)9(13)14-10(3,4)5;2*3-2(4,5)1(6)7;;;/h9,12,18-19,21-24,28,34H,6-8,10-11,13-17H2,1-5H3,(H,32,35);6,9,15-16,18-21,25,30-31H,3-5,7-8,10-14H2,1-2H3,(H,28,32);4,6,12,14-15,17,20,23-24H,1-3,5,7-11H2;7-8H,1-5H3;2*(H,6,7);3*1H2/t21?,22-,23-,24+,28+,31+;18?,19-,20-,21+,25+,27+;14?,15-,17+,20+,21+;8-;;;;;/m1110...../s1. The van der Waals surface area contributed by atoms with Crippen molar-refractivity contribution in [3.05, 3.63) is 69.8 Å². The highest BCUT2D eigenvalue weighted by Gasteiger charge is 2.69. The summed E-state index contributed by atoms with van der Waals surface area (Å²) < 4.78 is 106. The van der Waals surface area contributed by atoms with E-state index in [4.69, 9.17) is 53.0 Å². The molecule has 9 aliphatic carbocycles. The lowest BCUT2D eigenvalue weighted by Gasteiger charge is -2.59. The van der Waals surface area contributed by atoms with Gasteiger partial charge in [0.2, 0.25) is 6.08 Å². The lowest BCUT2D eigenvalue weighted by atomic mass is 9.51.